The van der Waals surface area contributed by atoms with Crippen LogP contribution in [0.5, 0.6) is 0 Å². The largest absolute Gasteiger partial charge is 0.370 e. The first kappa shape index (κ1) is 14.8. The van der Waals surface area contributed by atoms with Crippen LogP contribution in [0.15, 0.2) is 22.7 Å². The zero-order chi connectivity index (χ0) is 14.8. The summed E-state index contributed by atoms with van der Waals surface area (Å²) >= 11 is 9.77. The van der Waals surface area contributed by atoms with E-state index in [0.717, 1.165) is 53.8 Å². The Balaban J connectivity index is 2.06. The number of anilines is 1. The van der Waals surface area contributed by atoms with Gasteiger partial charge in [-0.2, -0.15) is 0 Å². The van der Waals surface area contributed by atoms with Gasteiger partial charge in [0.1, 0.15) is 5.82 Å². The molecule has 0 aliphatic heterocycles. The molecule has 0 amide bonds. The second kappa shape index (κ2) is 6.32. The minimum atomic E-state index is 0.670. The highest BCUT2D eigenvalue weighted by atomic mass is 79.9. The normalized spacial score (nSPS) is 13.3. The number of nitrogens with zero attached hydrogens (tertiary/aromatic N) is 2. The van der Waals surface area contributed by atoms with Crippen LogP contribution in [0.3, 0.4) is 0 Å². The van der Waals surface area contributed by atoms with E-state index in [9.17, 15) is 0 Å². The summed E-state index contributed by atoms with van der Waals surface area (Å²) < 4.78 is 0.960. The van der Waals surface area contributed by atoms with E-state index < -0.39 is 0 Å². The van der Waals surface area contributed by atoms with Gasteiger partial charge in [-0.3, -0.25) is 0 Å². The summed E-state index contributed by atoms with van der Waals surface area (Å²) in [5, 5.41) is 4.10. The van der Waals surface area contributed by atoms with Gasteiger partial charge in [0.05, 0.1) is 5.02 Å². The van der Waals surface area contributed by atoms with E-state index >= 15 is 0 Å². The maximum Gasteiger partial charge on any atom is 0.163 e. The van der Waals surface area contributed by atoms with Crippen molar-refractivity contribution in [2.75, 3.05) is 11.9 Å². The molecule has 0 bridgehead atoms. The third-order valence-corrected chi connectivity index (χ3v) is 4.45. The molecule has 1 aromatic carbocycles. The van der Waals surface area contributed by atoms with Crippen LogP contribution in [0.4, 0.5) is 5.82 Å². The topological polar surface area (TPSA) is 37.8 Å². The fourth-order valence-corrected chi connectivity index (χ4v) is 3.37. The number of aromatic nitrogens is 2. The van der Waals surface area contributed by atoms with E-state index in [4.69, 9.17) is 21.6 Å². The fraction of sp³-hybridized carbons (Fsp3) is 0.375. The van der Waals surface area contributed by atoms with Crippen LogP contribution in [-0.4, -0.2) is 16.5 Å². The molecule has 0 unspecified atom stereocenters. The van der Waals surface area contributed by atoms with Gasteiger partial charge in [0, 0.05) is 27.8 Å². The minimum Gasteiger partial charge on any atom is -0.370 e. The number of halogens is 2. The highest BCUT2D eigenvalue weighted by molar-refractivity contribution is 9.10. The summed E-state index contributed by atoms with van der Waals surface area (Å²) in [6.45, 7) is 3.08. The standard InChI is InChI=1S/C16H17BrClN3/c1-2-8-19-15-12-4-3-5-14(12)20-16(21-15)11-7-6-10(17)9-13(11)18/h6-7,9H,2-5,8H2,1H3,(H,19,20,21). The van der Waals surface area contributed by atoms with Crippen molar-refractivity contribution < 1.29 is 0 Å². The van der Waals surface area contributed by atoms with E-state index in [1.807, 2.05) is 18.2 Å². The Kier molecular flexibility index (Phi) is 4.45. The Labute approximate surface area is 138 Å². The first-order chi connectivity index (χ1) is 10.2. The molecule has 5 heteroatoms. The second-order valence-corrected chi connectivity index (χ2v) is 6.55. The average Bonchev–Trinajstić information content (AvgIpc) is 2.93. The zero-order valence-electron chi connectivity index (χ0n) is 11.9. The molecular weight excluding hydrogens is 350 g/mol. The van der Waals surface area contributed by atoms with Crippen LogP contribution in [0.2, 0.25) is 5.02 Å². The number of rotatable bonds is 4. The highest BCUT2D eigenvalue weighted by Gasteiger charge is 2.20. The molecule has 0 radical (unpaired) electrons. The molecule has 1 aliphatic carbocycles. The lowest BCUT2D eigenvalue weighted by Crippen LogP contribution is -2.08. The van der Waals surface area contributed by atoms with Crippen LogP contribution < -0.4 is 5.32 Å². The smallest absolute Gasteiger partial charge is 0.163 e. The van der Waals surface area contributed by atoms with Crippen LogP contribution in [0, 0.1) is 0 Å². The van der Waals surface area contributed by atoms with Crippen molar-refractivity contribution in [1.29, 1.82) is 0 Å². The second-order valence-electron chi connectivity index (χ2n) is 5.23. The van der Waals surface area contributed by atoms with Crippen molar-refractivity contribution >= 4 is 33.3 Å². The average molecular weight is 367 g/mol. The summed E-state index contributed by atoms with van der Waals surface area (Å²) in [7, 11) is 0. The molecule has 0 atom stereocenters. The third-order valence-electron chi connectivity index (χ3n) is 3.65. The van der Waals surface area contributed by atoms with Gasteiger partial charge >= 0.3 is 0 Å². The van der Waals surface area contributed by atoms with Gasteiger partial charge in [-0.15, -0.1) is 0 Å². The van der Waals surface area contributed by atoms with Crippen molar-refractivity contribution in [3.63, 3.8) is 0 Å². The van der Waals surface area contributed by atoms with E-state index in [0.29, 0.717) is 10.8 Å². The van der Waals surface area contributed by atoms with Gasteiger partial charge in [-0.1, -0.05) is 34.5 Å². The number of hydrogen-bond acceptors (Lipinski definition) is 3. The quantitative estimate of drug-likeness (QED) is 0.839. The molecule has 1 aromatic heterocycles. The number of benzene rings is 1. The lowest BCUT2D eigenvalue weighted by atomic mass is 10.2. The van der Waals surface area contributed by atoms with Crippen molar-refractivity contribution in [2.24, 2.45) is 0 Å². The van der Waals surface area contributed by atoms with Crippen LogP contribution in [-0.2, 0) is 12.8 Å². The Bertz CT molecular complexity index is 673. The molecule has 0 spiro atoms. The van der Waals surface area contributed by atoms with E-state index in [1.54, 1.807) is 0 Å². The summed E-state index contributed by atoms with van der Waals surface area (Å²) in [5.74, 6) is 1.69. The minimum absolute atomic E-state index is 0.670. The van der Waals surface area contributed by atoms with E-state index in [1.165, 1.54) is 5.56 Å². The van der Waals surface area contributed by atoms with Gasteiger partial charge < -0.3 is 5.32 Å². The fourth-order valence-electron chi connectivity index (χ4n) is 2.61. The summed E-state index contributed by atoms with van der Waals surface area (Å²) in [6.07, 6.45) is 4.32. The predicted octanol–water partition coefficient (Wildman–Crippen LogP) is 4.87. The predicted molar refractivity (Wildman–Crippen MR) is 91.0 cm³/mol. The van der Waals surface area contributed by atoms with Gasteiger partial charge in [0.2, 0.25) is 0 Å². The SMILES string of the molecule is CCCNc1nc(-c2ccc(Br)cc2Cl)nc2c1CCC2. The molecule has 21 heavy (non-hydrogen) atoms. The Morgan fingerprint density at radius 2 is 2.14 bits per heavy atom. The summed E-state index contributed by atoms with van der Waals surface area (Å²) in [6, 6.07) is 5.82. The van der Waals surface area contributed by atoms with Crippen molar-refractivity contribution in [3.05, 3.63) is 39.0 Å². The first-order valence-electron chi connectivity index (χ1n) is 7.28. The molecule has 0 fully saturated rings. The zero-order valence-corrected chi connectivity index (χ0v) is 14.3. The maximum absolute atomic E-state index is 6.34. The van der Waals surface area contributed by atoms with Gasteiger partial charge in [0.25, 0.3) is 0 Å². The number of nitrogens with one attached hydrogen (secondary N) is 1. The number of aryl methyl sites for hydroxylation is 1. The molecule has 1 heterocycles. The molecule has 3 nitrogen and oxygen atoms in total. The Hall–Kier alpha value is -1.13. The van der Waals surface area contributed by atoms with Crippen molar-refractivity contribution in [1.82, 2.24) is 9.97 Å². The van der Waals surface area contributed by atoms with Gasteiger partial charge in [-0.05, 0) is 43.9 Å². The molecule has 1 aliphatic rings. The summed E-state index contributed by atoms with van der Waals surface area (Å²) in [4.78, 5) is 9.45. The van der Waals surface area contributed by atoms with E-state index in [2.05, 4.69) is 28.2 Å². The van der Waals surface area contributed by atoms with E-state index in [-0.39, 0.29) is 0 Å². The Morgan fingerprint density at radius 3 is 2.90 bits per heavy atom. The highest BCUT2D eigenvalue weighted by Crippen LogP contribution is 2.33. The molecule has 1 N–H and O–H groups in total. The maximum atomic E-state index is 6.34. The first-order valence-corrected chi connectivity index (χ1v) is 8.45. The number of hydrogen-bond donors (Lipinski definition) is 1. The Morgan fingerprint density at radius 1 is 1.29 bits per heavy atom. The van der Waals surface area contributed by atoms with Crippen molar-refractivity contribution in [2.45, 2.75) is 32.6 Å². The number of fused-ring (bicyclic) bond motifs is 1. The molecule has 2 aromatic rings. The molecular formula is C16H17BrClN3. The van der Waals surface area contributed by atoms with Crippen LogP contribution >= 0.6 is 27.5 Å². The van der Waals surface area contributed by atoms with Crippen LogP contribution in [0.25, 0.3) is 11.4 Å². The summed E-state index contributed by atoms with van der Waals surface area (Å²) in [5.41, 5.74) is 3.33. The molecule has 110 valence electrons. The third kappa shape index (κ3) is 3.06. The van der Waals surface area contributed by atoms with Gasteiger partial charge in [-0.25, -0.2) is 9.97 Å². The lowest BCUT2D eigenvalue weighted by molar-refractivity contribution is 0.899. The monoisotopic (exact) mass is 365 g/mol. The van der Waals surface area contributed by atoms with Crippen molar-refractivity contribution in [3.8, 4) is 11.4 Å². The molecule has 3 rings (SSSR count). The molecule has 0 saturated heterocycles. The van der Waals surface area contributed by atoms with Gasteiger partial charge in [0.15, 0.2) is 5.82 Å². The molecule has 0 saturated carbocycles. The lowest BCUT2D eigenvalue weighted by Gasteiger charge is -2.12. The van der Waals surface area contributed by atoms with Crippen LogP contribution in [0.1, 0.15) is 31.0 Å².